The number of amidine groups is 1. The molecule has 2 aromatic rings. The van der Waals surface area contributed by atoms with Crippen molar-refractivity contribution in [1.29, 1.82) is 0 Å². The monoisotopic (exact) mass is 444 g/mol. The maximum atomic E-state index is 12.6. The third-order valence-corrected chi connectivity index (χ3v) is 8.59. The number of benzene rings is 2. The van der Waals surface area contributed by atoms with E-state index in [1.54, 1.807) is 7.11 Å². The van der Waals surface area contributed by atoms with E-state index in [4.69, 9.17) is 4.74 Å². The van der Waals surface area contributed by atoms with Crippen LogP contribution in [0.4, 0.5) is 0 Å². The lowest BCUT2D eigenvalue weighted by molar-refractivity contribution is -0.117. The molecule has 30 heavy (non-hydrogen) atoms. The van der Waals surface area contributed by atoms with Crippen molar-refractivity contribution in [3.8, 4) is 5.75 Å². The average molecular weight is 445 g/mol. The molecule has 0 aromatic heterocycles. The molecule has 2 aromatic carbocycles. The number of rotatable bonds is 5. The fourth-order valence-electron chi connectivity index (χ4n) is 3.89. The predicted octanol–water partition coefficient (Wildman–Crippen LogP) is 2.84. The number of fused-ring (bicyclic) bond motifs is 1. The summed E-state index contributed by atoms with van der Waals surface area (Å²) in [7, 11) is -1.45. The van der Waals surface area contributed by atoms with E-state index in [-0.39, 0.29) is 35.1 Å². The summed E-state index contributed by atoms with van der Waals surface area (Å²) >= 11 is 1.41. The normalized spacial score (nSPS) is 23.5. The predicted molar refractivity (Wildman–Crippen MR) is 120 cm³/mol. The first kappa shape index (κ1) is 20.9. The van der Waals surface area contributed by atoms with Crippen LogP contribution in [0.15, 0.2) is 53.5 Å². The molecule has 6 nitrogen and oxygen atoms in total. The van der Waals surface area contributed by atoms with Crippen molar-refractivity contribution in [2.24, 2.45) is 4.99 Å². The molecule has 158 valence electrons. The second kappa shape index (κ2) is 8.43. The fourth-order valence-corrected chi connectivity index (χ4v) is 7.86. The lowest BCUT2D eigenvalue weighted by Crippen LogP contribution is -2.37. The second-order valence-electron chi connectivity index (χ2n) is 7.73. The Morgan fingerprint density at radius 2 is 1.93 bits per heavy atom. The van der Waals surface area contributed by atoms with Gasteiger partial charge in [0, 0.05) is 11.8 Å². The molecule has 2 saturated heterocycles. The summed E-state index contributed by atoms with van der Waals surface area (Å²) in [5.41, 5.74) is 3.04. The Morgan fingerprint density at radius 1 is 1.17 bits per heavy atom. The zero-order valence-corrected chi connectivity index (χ0v) is 18.6. The number of carbonyl (C=O) groups excluding carboxylic acids is 1. The molecule has 1 amide bonds. The highest BCUT2D eigenvalue weighted by Crippen LogP contribution is 2.39. The summed E-state index contributed by atoms with van der Waals surface area (Å²) in [6.07, 6.45) is 0.232. The van der Waals surface area contributed by atoms with Crippen molar-refractivity contribution < 1.29 is 17.9 Å². The minimum absolute atomic E-state index is 0.0845. The number of thioether (sulfide) groups is 1. The number of aryl methyl sites for hydroxylation is 1. The van der Waals surface area contributed by atoms with Gasteiger partial charge in [0.25, 0.3) is 5.91 Å². The lowest BCUT2D eigenvalue weighted by Gasteiger charge is -2.24. The fraction of sp³-hybridized carbons (Fsp3) is 0.364. The Kier molecular flexibility index (Phi) is 5.88. The molecule has 0 spiro atoms. The Bertz CT molecular complexity index is 1080. The molecule has 0 saturated carbocycles. The molecule has 0 unspecified atom stereocenters. The molecule has 2 atom stereocenters. The zero-order valence-electron chi connectivity index (χ0n) is 16.9. The number of amides is 1. The minimum atomic E-state index is -3.07. The van der Waals surface area contributed by atoms with Crippen molar-refractivity contribution in [2.75, 3.05) is 18.6 Å². The first-order valence-electron chi connectivity index (χ1n) is 9.77. The van der Waals surface area contributed by atoms with Crippen LogP contribution in [0.1, 0.15) is 16.7 Å². The molecule has 2 aliphatic rings. The number of nitrogens with zero attached hydrogens (tertiary/aromatic N) is 2. The highest BCUT2D eigenvalue weighted by atomic mass is 32.2. The third kappa shape index (κ3) is 4.70. The van der Waals surface area contributed by atoms with Gasteiger partial charge in [-0.25, -0.2) is 8.42 Å². The Hall–Kier alpha value is -2.32. The van der Waals surface area contributed by atoms with Crippen molar-refractivity contribution in [3.05, 3.63) is 65.2 Å². The van der Waals surface area contributed by atoms with Gasteiger partial charge in [-0.15, -0.1) is 0 Å². The van der Waals surface area contributed by atoms with E-state index in [0.717, 1.165) is 22.4 Å². The second-order valence-corrected chi connectivity index (χ2v) is 11.1. The number of aliphatic imine (C=N–C) groups is 1. The van der Waals surface area contributed by atoms with E-state index in [1.165, 1.54) is 11.8 Å². The quantitative estimate of drug-likeness (QED) is 0.706. The molecule has 4 rings (SSSR count). The van der Waals surface area contributed by atoms with Gasteiger partial charge in [0.05, 0.1) is 31.1 Å². The number of hydrogen-bond donors (Lipinski definition) is 0. The van der Waals surface area contributed by atoms with Gasteiger partial charge >= 0.3 is 0 Å². The molecule has 2 fully saturated rings. The summed E-state index contributed by atoms with van der Waals surface area (Å²) in [4.78, 5) is 19.0. The van der Waals surface area contributed by atoms with Gasteiger partial charge in [-0.05, 0) is 30.2 Å². The molecular weight excluding hydrogens is 420 g/mol. The van der Waals surface area contributed by atoms with Gasteiger partial charge in [0.2, 0.25) is 0 Å². The average Bonchev–Trinajstić information content (AvgIpc) is 3.14. The number of methoxy groups -OCH3 is 1. The number of sulfone groups is 1. The standard InChI is InChI=1S/C22H24N2O4S2/c1-15-4-3-5-17(10-15)11-21(25)23-22-24(12-16-6-8-18(28-2)9-7-16)19-13-30(26,27)14-20(19)29-22/h3-10,19-20H,11-14H2,1-2H3/t19-,20-/m0/s1. The van der Waals surface area contributed by atoms with Crippen LogP contribution >= 0.6 is 11.8 Å². The van der Waals surface area contributed by atoms with Gasteiger partial charge < -0.3 is 9.64 Å². The highest BCUT2D eigenvalue weighted by Gasteiger charge is 2.48. The molecule has 0 N–H and O–H groups in total. The van der Waals surface area contributed by atoms with Crippen molar-refractivity contribution in [1.82, 2.24) is 4.90 Å². The van der Waals surface area contributed by atoms with Crippen LogP contribution in [0.25, 0.3) is 0 Å². The summed E-state index contributed by atoms with van der Waals surface area (Å²) in [6.45, 7) is 2.50. The SMILES string of the molecule is COc1ccc(CN2C(=NC(=O)Cc3cccc(C)c3)S[C@H]3CS(=O)(=O)C[C@@H]32)cc1. The lowest BCUT2D eigenvalue weighted by atomic mass is 10.1. The van der Waals surface area contributed by atoms with E-state index in [2.05, 4.69) is 4.99 Å². The van der Waals surface area contributed by atoms with Gasteiger partial charge in [0.1, 0.15) is 5.75 Å². The van der Waals surface area contributed by atoms with Crippen molar-refractivity contribution in [2.45, 2.75) is 31.2 Å². The van der Waals surface area contributed by atoms with Crippen LogP contribution in [-0.2, 0) is 27.6 Å². The first-order valence-corrected chi connectivity index (χ1v) is 12.5. The third-order valence-electron chi connectivity index (χ3n) is 5.35. The summed E-state index contributed by atoms with van der Waals surface area (Å²) in [5.74, 6) is 0.780. The minimum Gasteiger partial charge on any atom is -0.497 e. The van der Waals surface area contributed by atoms with Crippen LogP contribution in [-0.4, -0.2) is 54.3 Å². The van der Waals surface area contributed by atoms with Crippen LogP contribution in [0, 0.1) is 6.92 Å². The molecule has 0 bridgehead atoms. The number of hydrogen-bond acceptors (Lipinski definition) is 5. The van der Waals surface area contributed by atoms with E-state index in [1.807, 2.05) is 60.4 Å². The highest BCUT2D eigenvalue weighted by molar-refractivity contribution is 8.15. The van der Waals surface area contributed by atoms with Crippen molar-refractivity contribution in [3.63, 3.8) is 0 Å². The summed E-state index contributed by atoms with van der Waals surface area (Å²) in [5, 5.41) is 0.534. The molecule has 0 radical (unpaired) electrons. The Morgan fingerprint density at radius 3 is 2.63 bits per heavy atom. The smallest absolute Gasteiger partial charge is 0.252 e. The number of carbonyl (C=O) groups is 1. The molecular formula is C22H24N2O4S2. The van der Waals surface area contributed by atoms with E-state index >= 15 is 0 Å². The molecule has 0 aliphatic carbocycles. The van der Waals surface area contributed by atoms with E-state index in [9.17, 15) is 13.2 Å². The molecule has 8 heteroatoms. The van der Waals surface area contributed by atoms with Crippen molar-refractivity contribution >= 4 is 32.7 Å². The van der Waals surface area contributed by atoms with Crippen LogP contribution in [0.2, 0.25) is 0 Å². The van der Waals surface area contributed by atoms with Gasteiger partial charge in [0.15, 0.2) is 15.0 Å². The van der Waals surface area contributed by atoms with Crippen LogP contribution < -0.4 is 4.74 Å². The number of ether oxygens (including phenoxy) is 1. The zero-order chi connectivity index (χ0) is 21.3. The van der Waals surface area contributed by atoms with E-state index in [0.29, 0.717) is 11.7 Å². The van der Waals surface area contributed by atoms with Crippen LogP contribution in [0.5, 0.6) is 5.75 Å². The largest absolute Gasteiger partial charge is 0.497 e. The first-order chi connectivity index (χ1) is 14.3. The van der Waals surface area contributed by atoms with Gasteiger partial charge in [-0.2, -0.15) is 4.99 Å². The maximum Gasteiger partial charge on any atom is 0.252 e. The molecule has 2 aliphatic heterocycles. The topological polar surface area (TPSA) is 76.0 Å². The van der Waals surface area contributed by atoms with Gasteiger partial charge in [-0.3, -0.25) is 4.79 Å². The van der Waals surface area contributed by atoms with Crippen LogP contribution in [0.3, 0.4) is 0 Å². The maximum absolute atomic E-state index is 12.6. The summed E-state index contributed by atoms with van der Waals surface area (Å²) < 4.78 is 29.5. The Labute approximate surface area is 181 Å². The summed E-state index contributed by atoms with van der Waals surface area (Å²) in [6, 6.07) is 15.3. The van der Waals surface area contributed by atoms with E-state index < -0.39 is 9.84 Å². The Balaban J connectivity index is 1.56. The van der Waals surface area contributed by atoms with Gasteiger partial charge in [-0.1, -0.05) is 53.7 Å². The molecule has 2 heterocycles.